The first-order valence-corrected chi connectivity index (χ1v) is 11.7. The van der Waals surface area contributed by atoms with E-state index in [9.17, 15) is 14.9 Å². The normalized spacial score (nSPS) is 11.7. The summed E-state index contributed by atoms with van der Waals surface area (Å²) in [4.78, 5) is 32.4. The number of nitrogens with two attached hydrogens (primary N) is 1. The Kier molecular flexibility index (Phi) is 7.13. The van der Waals surface area contributed by atoms with Crippen LogP contribution in [0.15, 0.2) is 24.4 Å². The highest BCUT2D eigenvalue weighted by Gasteiger charge is 2.39. The number of ether oxygens (including phenoxy) is 3. The lowest BCUT2D eigenvalue weighted by atomic mass is 10.1. The molecule has 0 atom stereocenters. The van der Waals surface area contributed by atoms with Crippen molar-refractivity contribution in [2.24, 2.45) is 0 Å². The first-order valence-electron chi connectivity index (χ1n) is 11.7. The Bertz CT molecular complexity index is 1390. The molecule has 0 unspecified atom stereocenters. The van der Waals surface area contributed by atoms with Crippen LogP contribution in [0.4, 0.5) is 21.1 Å². The van der Waals surface area contributed by atoms with E-state index in [1.54, 1.807) is 59.3 Å². The number of hydrogen-bond acceptors (Lipinski definition) is 8. The Morgan fingerprint density at radius 3 is 2.11 bits per heavy atom. The molecule has 10 nitrogen and oxygen atoms in total. The van der Waals surface area contributed by atoms with Gasteiger partial charge < -0.3 is 19.9 Å². The number of nitriles is 1. The van der Waals surface area contributed by atoms with Crippen LogP contribution in [0.25, 0.3) is 16.7 Å². The summed E-state index contributed by atoms with van der Waals surface area (Å²) in [6.07, 6.45) is -0.568. The molecule has 3 rings (SSSR count). The molecule has 0 fully saturated rings. The summed E-state index contributed by atoms with van der Waals surface area (Å²) in [5.74, 6) is 0.502. The molecule has 196 valence electrons. The molecule has 2 aromatic heterocycles. The van der Waals surface area contributed by atoms with Crippen molar-refractivity contribution in [3.8, 4) is 17.5 Å². The summed E-state index contributed by atoms with van der Waals surface area (Å²) in [6.45, 7) is 13.8. The van der Waals surface area contributed by atoms with Crippen LogP contribution >= 0.6 is 0 Å². The lowest BCUT2D eigenvalue weighted by Gasteiger charge is -2.29. The number of aryl methyl sites for hydroxylation is 1. The van der Waals surface area contributed by atoms with Crippen LogP contribution in [0.1, 0.15) is 58.2 Å². The van der Waals surface area contributed by atoms with Crippen LogP contribution < -0.4 is 15.4 Å². The summed E-state index contributed by atoms with van der Waals surface area (Å²) in [7, 11) is 1.55. The molecule has 0 radical (unpaired) electrons. The zero-order chi connectivity index (χ0) is 27.9. The molecule has 0 aliphatic rings. The Balaban J connectivity index is 2.53. The van der Waals surface area contributed by atoms with Crippen LogP contribution in [-0.2, 0) is 9.47 Å². The molecule has 0 spiro atoms. The standard InChI is InChI=1S/C27H33N5O5/c1-15-10-11-20(35-9)16(2)21(15)31-22-18(12-17(29)14-30-22)19(13-28)23(31)32(24(33)36-26(3,4)5)25(34)37-27(6,7)8/h10-12,14H,29H2,1-9H3. The van der Waals surface area contributed by atoms with Crippen LogP contribution in [0.2, 0.25) is 0 Å². The SMILES string of the molecule is COc1ccc(C)c(-n2c(N(C(=O)OC(C)(C)C)C(=O)OC(C)(C)C)c(C#N)c3cc(N)cnc32)c1C. The number of pyridine rings is 1. The van der Waals surface area contributed by atoms with Crippen molar-refractivity contribution in [2.45, 2.75) is 66.6 Å². The molecule has 3 aromatic rings. The van der Waals surface area contributed by atoms with E-state index < -0.39 is 23.4 Å². The molecule has 2 amide bonds. The maximum absolute atomic E-state index is 13.6. The van der Waals surface area contributed by atoms with Crippen molar-refractivity contribution >= 4 is 34.7 Å². The van der Waals surface area contributed by atoms with Crippen LogP contribution in [-0.4, -0.2) is 40.0 Å². The van der Waals surface area contributed by atoms with Crippen molar-refractivity contribution in [1.29, 1.82) is 5.26 Å². The Morgan fingerprint density at radius 2 is 1.62 bits per heavy atom. The van der Waals surface area contributed by atoms with Gasteiger partial charge in [0.15, 0.2) is 5.82 Å². The number of methoxy groups -OCH3 is 1. The molecule has 0 bridgehead atoms. The fourth-order valence-corrected chi connectivity index (χ4v) is 3.95. The average Bonchev–Trinajstić information content (AvgIpc) is 3.04. The van der Waals surface area contributed by atoms with Gasteiger partial charge in [0.25, 0.3) is 0 Å². The van der Waals surface area contributed by atoms with Gasteiger partial charge in [-0.1, -0.05) is 6.07 Å². The molecule has 2 N–H and O–H groups in total. The van der Waals surface area contributed by atoms with Gasteiger partial charge in [-0.05, 0) is 73.1 Å². The number of nitrogen functional groups attached to an aromatic ring is 1. The number of hydrogen-bond donors (Lipinski definition) is 1. The third-order valence-electron chi connectivity index (χ3n) is 5.31. The first-order chi connectivity index (χ1) is 17.1. The van der Waals surface area contributed by atoms with Crippen molar-refractivity contribution < 1.29 is 23.8 Å². The summed E-state index contributed by atoms with van der Waals surface area (Å²) >= 11 is 0. The van der Waals surface area contributed by atoms with Gasteiger partial charge in [0.05, 0.1) is 24.7 Å². The highest BCUT2D eigenvalue weighted by atomic mass is 16.6. The van der Waals surface area contributed by atoms with E-state index in [-0.39, 0.29) is 11.4 Å². The van der Waals surface area contributed by atoms with Crippen LogP contribution in [0.5, 0.6) is 5.75 Å². The third kappa shape index (κ3) is 5.45. The summed E-state index contributed by atoms with van der Waals surface area (Å²) < 4.78 is 18.3. The highest BCUT2D eigenvalue weighted by Crippen LogP contribution is 2.40. The molecule has 0 saturated heterocycles. The fraction of sp³-hybridized carbons (Fsp3) is 0.407. The number of benzene rings is 1. The molecular weight excluding hydrogens is 474 g/mol. The number of carbonyl (C=O) groups is 2. The molecule has 1 aromatic carbocycles. The van der Waals surface area contributed by atoms with E-state index in [1.807, 2.05) is 26.0 Å². The van der Waals surface area contributed by atoms with E-state index in [0.29, 0.717) is 33.7 Å². The minimum Gasteiger partial charge on any atom is -0.496 e. The predicted molar refractivity (Wildman–Crippen MR) is 141 cm³/mol. The maximum Gasteiger partial charge on any atom is 0.425 e. The van der Waals surface area contributed by atoms with E-state index >= 15 is 0 Å². The second-order valence-corrected chi connectivity index (χ2v) is 10.6. The number of amides is 2. The van der Waals surface area contributed by atoms with Crippen molar-refractivity contribution in [2.75, 3.05) is 17.7 Å². The monoisotopic (exact) mass is 507 g/mol. The summed E-state index contributed by atoms with van der Waals surface area (Å²) in [5, 5.41) is 10.7. The van der Waals surface area contributed by atoms with Gasteiger partial charge in [-0.2, -0.15) is 10.2 Å². The van der Waals surface area contributed by atoms with Crippen LogP contribution in [0, 0.1) is 25.2 Å². The lowest BCUT2D eigenvalue weighted by Crippen LogP contribution is -2.45. The predicted octanol–water partition coefficient (Wildman–Crippen LogP) is 5.78. The number of rotatable bonds is 3. The summed E-state index contributed by atoms with van der Waals surface area (Å²) in [6, 6.07) is 7.37. The zero-order valence-corrected chi connectivity index (χ0v) is 22.7. The number of nitrogens with zero attached hydrogens (tertiary/aromatic N) is 4. The molecular formula is C27H33N5O5. The number of aromatic nitrogens is 2. The topological polar surface area (TPSA) is 133 Å². The van der Waals surface area contributed by atoms with Gasteiger partial charge >= 0.3 is 12.2 Å². The molecule has 0 aliphatic carbocycles. The average molecular weight is 508 g/mol. The quantitative estimate of drug-likeness (QED) is 0.471. The van der Waals surface area contributed by atoms with E-state index in [2.05, 4.69) is 11.1 Å². The minimum atomic E-state index is -1.01. The molecule has 0 saturated carbocycles. The first kappa shape index (κ1) is 27.3. The van der Waals surface area contributed by atoms with Crippen LogP contribution in [0.3, 0.4) is 0 Å². The Morgan fingerprint density at radius 1 is 1.05 bits per heavy atom. The lowest BCUT2D eigenvalue weighted by molar-refractivity contribution is 0.0428. The molecule has 10 heteroatoms. The van der Waals surface area contributed by atoms with Gasteiger partial charge in [0.1, 0.15) is 34.2 Å². The van der Waals surface area contributed by atoms with Gasteiger partial charge in [-0.3, -0.25) is 4.57 Å². The zero-order valence-electron chi connectivity index (χ0n) is 22.7. The van der Waals surface area contributed by atoms with Crippen molar-refractivity contribution in [3.05, 3.63) is 41.1 Å². The van der Waals surface area contributed by atoms with E-state index in [0.717, 1.165) is 10.5 Å². The Labute approximate surface area is 216 Å². The molecule has 2 heterocycles. The molecule has 37 heavy (non-hydrogen) atoms. The maximum atomic E-state index is 13.6. The summed E-state index contributed by atoms with van der Waals surface area (Å²) in [5.41, 5.74) is 6.84. The second-order valence-electron chi connectivity index (χ2n) is 10.6. The van der Waals surface area contributed by atoms with Crippen molar-refractivity contribution in [3.63, 3.8) is 0 Å². The highest BCUT2D eigenvalue weighted by molar-refractivity contribution is 6.13. The second kappa shape index (κ2) is 9.65. The number of fused-ring (bicyclic) bond motifs is 1. The molecule has 0 aliphatic heterocycles. The number of carbonyl (C=O) groups excluding carboxylic acids is 2. The number of anilines is 2. The largest absolute Gasteiger partial charge is 0.496 e. The fourth-order valence-electron chi connectivity index (χ4n) is 3.95. The van der Waals surface area contributed by atoms with E-state index in [4.69, 9.17) is 19.9 Å². The van der Waals surface area contributed by atoms with Gasteiger partial charge in [-0.25, -0.2) is 14.6 Å². The smallest absolute Gasteiger partial charge is 0.425 e. The van der Waals surface area contributed by atoms with Gasteiger partial charge in [0, 0.05) is 10.9 Å². The number of imide groups is 1. The minimum absolute atomic E-state index is 0.00754. The van der Waals surface area contributed by atoms with Crippen molar-refractivity contribution in [1.82, 2.24) is 9.55 Å². The van der Waals surface area contributed by atoms with E-state index in [1.165, 1.54) is 6.20 Å². The van der Waals surface area contributed by atoms with Gasteiger partial charge in [0.2, 0.25) is 0 Å². The third-order valence-corrected chi connectivity index (χ3v) is 5.31. The van der Waals surface area contributed by atoms with Gasteiger partial charge in [-0.15, -0.1) is 0 Å². The Hall–Kier alpha value is -4.26.